The maximum Gasteiger partial charge on any atom is 0.390 e. The van der Waals surface area contributed by atoms with Crippen molar-refractivity contribution in [3.8, 4) is 0 Å². The molecule has 0 unspecified atom stereocenters. The molecular weight excluding hydrogens is 305 g/mol. The number of benzene rings is 1. The van der Waals surface area contributed by atoms with Crippen LogP contribution in [0.15, 0.2) is 34.8 Å². The normalized spacial score (nSPS) is 14.0. The zero-order valence-electron chi connectivity index (χ0n) is 12.9. The molecule has 0 atom stereocenters. The van der Waals surface area contributed by atoms with Gasteiger partial charge in [0.1, 0.15) is 0 Å². The number of nitrogens with zero attached hydrogens (tertiary/aromatic N) is 2. The van der Waals surface area contributed by atoms with Crippen LogP contribution in [0.4, 0.5) is 18.9 Å². The lowest BCUT2D eigenvalue weighted by Crippen LogP contribution is -2.35. The van der Waals surface area contributed by atoms with E-state index in [0.717, 1.165) is 11.3 Å². The topological polar surface area (TPSA) is 32.7 Å². The summed E-state index contributed by atoms with van der Waals surface area (Å²) >= 11 is 0. The van der Waals surface area contributed by atoms with Gasteiger partial charge in [-0.1, -0.05) is 25.1 Å². The van der Waals surface area contributed by atoms with Gasteiger partial charge < -0.3 is 4.90 Å². The maximum absolute atomic E-state index is 12.6. The third-order valence-electron chi connectivity index (χ3n) is 3.53. The Morgan fingerprint density at radius 2 is 2.00 bits per heavy atom. The number of rotatable bonds is 5. The summed E-state index contributed by atoms with van der Waals surface area (Å²) in [5.74, 6) is -0.348. The van der Waals surface area contributed by atoms with Crippen molar-refractivity contribution in [3.05, 3.63) is 35.4 Å². The second-order valence-corrected chi connectivity index (χ2v) is 5.40. The van der Waals surface area contributed by atoms with E-state index in [1.807, 2.05) is 31.2 Å². The van der Waals surface area contributed by atoms with E-state index in [-0.39, 0.29) is 12.5 Å². The molecule has 0 fully saturated rings. The fourth-order valence-electron chi connectivity index (χ4n) is 2.41. The van der Waals surface area contributed by atoms with Gasteiger partial charge in [-0.25, -0.2) is 0 Å². The molecule has 0 saturated carbocycles. The van der Waals surface area contributed by atoms with Gasteiger partial charge in [0.25, 0.3) is 0 Å². The van der Waals surface area contributed by atoms with Gasteiger partial charge in [-0.05, 0) is 18.6 Å². The zero-order chi connectivity index (χ0) is 16.9. The molecule has 6 heteroatoms. The van der Waals surface area contributed by atoms with Crippen LogP contribution in [0.1, 0.15) is 31.7 Å². The number of amides is 1. The number of fused-ring (bicyclic) bond motifs is 1. The van der Waals surface area contributed by atoms with Crippen LogP contribution in [-0.4, -0.2) is 36.3 Å². The summed E-state index contributed by atoms with van der Waals surface area (Å²) in [6.45, 7) is 1.84. The zero-order valence-corrected chi connectivity index (χ0v) is 12.9. The van der Waals surface area contributed by atoms with Gasteiger partial charge in [-0.15, -0.1) is 0 Å². The molecular formula is C17H19F3N2O. The van der Waals surface area contributed by atoms with Crippen LogP contribution in [-0.2, 0) is 4.79 Å². The van der Waals surface area contributed by atoms with Crippen molar-refractivity contribution in [2.24, 2.45) is 4.99 Å². The standard InChI is InChI=1S/C17H19F3N2O/c1-2-10-22(11-8-17(18,19)20)16(23)14-7-9-21-15-6-4-3-5-13(15)12-14/h3-6,9,12H,2,7-8,10-11H2,1H3. The van der Waals surface area contributed by atoms with E-state index in [4.69, 9.17) is 0 Å². The minimum absolute atomic E-state index is 0.311. The van der Waals surface area contributed by atoms with Gasteiger partial charge in [-0.2, -0.15) is 13.2 Å². The van der Waals surface area contributed by atoms with Crippen LogP contribution in [0.5, 0.6) is 0 Å². The van der Waals surface area contributed by atoms with E-state index < -0.39 is 12.6 Å². The molecule has 23 heavy (non-hydrogen) atoms. The first-order valence-electron chi connectivity index (χ1n) is 7.59. The molecule has 1 heterocycles. The smallest absolute Gasteiger partial charge is 0.339 e. The number of halogens is 3. The van der Waals surface area contributed by atoms with Gasteiger partial charge in [-0.3, -0.25) is 9.79 Å². The molecule has 0 radical (unpaired) electrons. The molecule has 124 valence electrons. The predicted octanol–water partition coefficient (Wildman–Crippen LogP) is 4.37. The van der Waals surface area contributed by atoms with Crippen molar-refractivity contribution in [1.29, 1.82) is 0 Å². The van der Waals surface area contributed by atoms with Crippen molar-refractivity contribution >= 4 is 23.9 Å². The highest BCUT2D eigenvalue weighted by atomic mass is 19.4. The Morgan fingerprint density at radius 1 is 1.26 bits per heavy atom. The van der Waals surface area contributed by atoms with Crippen molar-refractivity contribution in [2.45, 2.75) is 32.4 Å². The van der Waals surface area contributed by atoms with Crippen LogP contribution in [0.3, 0.4) is 0 Å². The third kappa shape index (κ3) is 4.94. The van der Waals surface area contributed by atoms with Crippen LogP contribution >= 0.6 is 0 Å². The highest BCUT2D eigenvalue weighted by molar-refractivity contribution is 6.02. The fourth-order valence-corrected chi connectivity index (χ4v) is 2.41. The van der Waals surface area contributed by atoms with Crippen LogP contribution in [0, 0.1) is 0 Å². The molecule has 0 saturated heterocycles. The number of aliphatic imine (C=N–C) groups is 1. The Hall–Kier alpha value is -2.11. The molecule has 0 N–H and O–H groups in total. The Balaban J connectivity index is 2.19. The highest BCUT2D eigenvalue weighted by Crippen LogP contribution is 2.26. The van der Waals surface area contributed by atoms with Gasteiger partial charge in [0.2, 0.25) is 5.91 Å². The minimum atomic E-state index is -4.27. The van der Waals surface area contributed by atoms with Gasteiger partial charge in [0, 0.05) is 36.9 Å². The van der Waals surface area contributed by atoms with Gasteiger partial charge >= 0.3 is 6.18 Å². The van der Waals surface area contributed by atoms with Crippen LogP contribution in [0.2, 0.25) is 0 Å². The lowest BCUT2D eigenvalue weighted by Gasteiger charge is -2.23. The van der Waals surface area contributed by atoms with E-state index in [1.54, 1.807) is 12.3 Å². The molecule has 0 spiro atoms. The van der Waals surface area contributed by atoms with E-state index in [2.05, 4.69) is 4.99 Å². The second kappa shape index (κ2) is 7.44. The molecule has 1 amide bonds. The quantitative estimate of drug-likeness (QED) is 0.792. The summed E-state index contributed by atoms with van der Waals surface area (Å²) in [5, 5.41) is 0. The summed E-state index contributed by atoms with van der Waals surface area (Å²) in [4.78, 5) is 18.2. The average molecular weight is 324 g/mol. The first-order valence-corrected chi connectivity index (χ1v) is 7.59. The molecule has 1 aliphatic heterocycles. The number of hydrogen-bond donors (Lipinski definition) is 0. The highest BCUT2D eigenvalue weighted by Gasteiger charge is 2.29. The molecule has 0 bridgehead atoms. The summed E-state index contributed by atoms with van der Waals surface area (Å²) in [5.41, 5.74) is 2.03. The fraction of sp³-hybridized carbons (Fsp3) is 0.412. The first kappa shape index (κ1) is 17.2. The number of carbonyl (C=O) groups is 1. The maximum atomic E-state index is 12.6. The van der Waals surface area contributed by atoms with Crippen LogP contribution < -0.4 is 0 Å². The number of carbonyl (C=O) groups excluding carboxylic acids is 1. The van der Waals surface area contributed by atoms with E-state index in [1.165, 1.54) is 4.90 Å². The number of alkyl halides is 3. The monoisotopic (exact) mass is 324 g/mol. The Kier molecular flexibility index (Phi) is 5.58. The lowest BCUT2D eigenvalue weighted by molar-refractivity contribution is -0.143. The molecule has 3 nitrogen and oxygen atoms in total. The Labute approximate surface area is 133 Å². The predicted molar refractivity (Wildman–Crippen MR) is 84.7 cm³/mol. The van der Waals surface area contributed by atoms with Gasteiger partial charge in [0.05, 0.1) is 12.1 Å². The summed E-state index contributed by atoms with van der Waals surface area (Å²) in [6, 6.07) is 7.36. The summed E-state index contributed by atoms with van der Waals surface area (Å²) in [6.07, 6.45) is -0.972. The lowest BCUT2D eigenvalue weighted by atomic mass is 10.1. The molecule has 1 aromatic rings. The Morgan fingerprint density at radius 3 is 2.70 bits per heavy atom. The molecule has 1 aliphatic rings. The molecule has 0 aliphatic carbocycles. The van der Waals surface area contributed by atoms with Crippen molar-refractivity contribution < 1.29 is 18.0 Å². The van der Waals surface area contributed by atoms with Crippen molar-refractivity contribution in [2.75, 3.05) is 13.1 Å². The third-order valence-corrected chi connectivity index (χ3v) is 3.53. The first-order chi connectivity index (χ1) is 10.9. The minimum Gasteiger partial charge on any atom is -0.339 e. The molecule has 0 aromatic heterocycles. The van der Waals surface area contributed by atoms with E-state index >= 15 is 0 Å². The summed E-state index contributed by atoms with van der Waals surface area (Å²) in [7, 11) is 0. The Bertz CT molecular complexity index is 621. The molecule has 2 rings (SSSR count). The van der Waals surface area contributed by atoms with Gasteiger partial charge in [0.15, 0.2) is 0 Å². The van der Waals surface area contributed by atoms with E-state index in [9.17, 15) is 18.0 Å². The molecule has 1 aromatic carbocycles. The average Bonchev–Trinajstić information content (AvgIpc) is 2.72. The van der Waals surface area contributed by atoms with Crippen molar-refractivity contribution in [3.63, 3.8) is 0 Å². The second-order valence-electron chi connectivity index (χ2n) is 5.40. The number of hydrogen-bond acceptors (Lipinski definition) is 2. The van der Waals surface area contributed by atoms with Crippen molar-refractivity contribution in [1.82, 2.24) is 4.90 Å². The summed E-state index contributed by atoms with van der Waals surface area (Å²) < 4.78 is 37.4. The van der Waals surface area contributed by atoms with E-state index in [0.29, 0.717) is 25.0 Å². The largest absolute Gasteiger partial charge is 0.390 e. The number of para-hydroxylation sites is 1. The SMILES string of the molecule is CCCN(CCC(F)(F)F)C(=O)C1=Cc2ccccc2N=CC1. The van der Waals surface area contributed by atoms with Crippen LogP contribution in [0.25, 0.3) is 6.08 Å².